The number of hydrogen-bond acceptors (Lipinski definition) is 5. The van der Waals surface area contributed by atoms with Gasteiger partial charge in [0.2, 0.25) is 5.28 Å². The minimum atomic E-state index is -0.404. The number of ether oxygens (including phenoxy) is 2. The Morgan fingerprint density at radius 3 is 2.82 bits per heavy atom. The third kappa shape index (κ3) is 3.14. The molecule has 0 amide bonds. The first-order valence-electron chi connectivity index (χ1n) is 6.61. The van der Waals surface area contributed by atoms with Crippen LogP contribution in [0.2, 0.25) is 5.28 Å². The van der Waals surface area contributed by atoms with Crippen LogP contribution in [0.5, 0.6) is 11.5 Å². The molecule has 0 unspecified atom stereocenters. The Bertz CT molecular complexity index is 715. The monoisotopic (exact) mass is 401 g/mol. The lowest BCUT2D eigenvalue weighted by Gasteiger charge is -2.25. The van der Waals surface area contributed by atoms with Crippen LogP contribution in [0.25, 0.3) is 0 Å². The van der Waals surface area contributed by atoms with Crippen molar-refractivity contribution in [2.24, 2.45) is 0 Å². The van der Waals surface area contributed by atoms with Gasteiger partial charge in [-0.2, -0.15) is 4.98 Å². The Morgan fingerprint density at radius 1 is 1.27 bits per heavy atom. The van der Waals surface area contributed by atoms with E-state index in [0.29, 0.717) is 19.0 Å². The van der Waals surface area contributed by atoms with Crippen molar-refractivity contribution in [3.63, 3.8) is 0 Å². The molecule has 5 nitrogen and oxygen atoms in total. The van der Waals surface area contributed by atoms with E-state index in [9.17, 15) is 0 Å². The summed E-state index contributed by atoms with van der Waals surface area (Å²) in [5, 5.41) is 4.63. The summed E-state index contributed by atoms with van der Waals surface area (Å²) < 4.78 is 12.2. The predicted octanol–water partition coefficient (Wildman–Crippen LogP) is 3.77. The van der Waals surface area contributed by atoms with Gasteiger partial charge in [-0.3, -0.25) is 0 Å². The van der Waals surface area contributed by atoms with Crippen LogP contribution in [0.4, 0.5) is 11.5 Å². The van der Waals surface area contributed by atoms with Crippen LogP contribution >= 0.6 is 35.5 Å². The van der Waals surface area contributed by atoms with Crippen molar-refractivity contribution in [3.8, 4) is 11.5 Å². The lowest BCUT2D eigenvalue weighted by molar-refractivity contribution is 0.173. The van der Waals surface area contributed by atoms with Crippen molar-refractivity contribution in [3.05, 3.63) is 28.1 Å². The van der Waals surface area contributed by atoms with E-state index in [1.54, 1.807) is 6.20 Å². The predicted molar refractivity (Wildman–Crippen MR) is 93.9 cm³/mol. The maximum Gasteiger partial charge on any atom is 0.224 e. The molecular weight excluding hydrogens is 389 g/mol. The largest absolute Gasteiger partial charge is 0.486 e. The molecule has 1 aromatic heterocycles. The third-order valence-corrected chi connectivity index (χ3v) is 5.20. The molecule has 0 fully saturated rings. The average molecular weight is 403 g/mol. The summed E-state index contributed by atoms with van der Waals surface area (Å²) in [7, 11) is -0.404. The van der Waals surface area contributed by atoms with Gasteiger partial charge in [-0.1, -0.05) is 7.92 Å². The van der Waals surface area contributed by atoms with E-state index < -0.39 is 7.92 Å². The fraction of sp³-hybridized carbons (Fsp3) is 0.286. The van der Waals surface area contributed by atoms with E-state index in [2.05, 4.69) is 44.5 Å². The summed E-state index contributed by atoms with van der Waals surface area (Å²) in [6.07, 6.45) is 1.62. The standard InChI is InChI=1S/C14H14BrClN3O2P/c1-22(2)12-9(3-4-10-11(12)21-6-5-20-10)18-13-8(15)7-17-14(16)19-13/h3-4,7H,5-6H2,1-2H3,(H,17,18,19). The maximum absolute atomic E-state index is 5.88. The molecule has 0 saturated carbocycles. The Labute approximate surface area is 143 Å². The van der Waals surface area contributed by atoms with Gasteiger partial charge in [0.1, 0.15) is 19.0 Å². The Balaban J connectivity index is 2.05. The second-order valence-corrected chi connectivity index (χ2v) is 8.27. The SMILES string of the molecule is CP(C)c1c(Nc2nc(Cl)ncc2Br)ccc2c1OCCO2. The normalized spacial score (nSPS) is 13.3. The van der Waals surface area contributed by atoms with Gasteiger partial charge in [0.25, 0.3) is 0 Å². The van der Waals surface area contributed by atoms with Gasteiger partial charge in [-0.15, -0.1) is 0 Å². The molecule has 22 heavy (non-hydrogen) atoms. The lowest BCUT2D eigenvalue weighted by Crippen LogP contribution is -2.22. The molecule has 0 atom stereocenters. The molecule has 116 valence electrons. The van der Waals surface area contributed by atoms with Crippen molar-refractivity contribution in [2.75, 3.05) is 31.9 Å². The van der Waals surface area contributed by atoms with Crippen LogP contribution in [-0.2, 0) is 0 Å². The molecule has 0 bridgehead atoms. The van der Waals surface area contributed by atoms with Gasteiger partial charge in [-0.05, 0) is 53.0 Å². The third-order valence-electron chi connectivity index (χ3n) is 3.10. The first-order chi connectivity index (χ1) is 10.6. The zero-order valence-electron chi connectivity index (χ0n) is 12.1. The first kappa shape index (κ1) is 15.8. The van der Waals surface area contributed by atoms with Crippen LogP contribution in [0.15, 0.2) is 22.8 Å². The molecule has 8 heteroatoms. The number of benzene rings is 1. The number of aromatic nitrogens is 2. The Morgan fingerprint density at radius 2 is 2.05 bits per heavy atom. The number of nitrogens with zero attached hydrogens (tertiary/aromatic N) is 2. The van der Waals surface area contributed by atoms with E-state index in [-0.39, 0.29) is 5.28 Å². The number of anilines is 2. The molecule has 1 aromatic carbocycles. The van der Waals surface area contributed by atoms with E-state index in [1.807, 2.05) is 12.1 Å². The van der Waals surface area contributed by atoms with E-state index in [4.69, 9.17) is 21.1 Å². The fourth-order valence-electron chi connectivity index (χ4n) is 2.21. The minimum absolute atomic E-state index is 0.194. The van der Waals surface area contributed by atoms with Gasteiger partial charge in [0.15, 0.2) is 11.5 Å². The molecule has 3 rings (SSSR count). The number of hydrogen-bond donors (Lipinski definition) is 1. The molecule has 1 N–H and O–H groups in total. The van der Waals surface area contributed by atoms with Crippen molar-refractivity contribution >= 4 is 52.3 Å². The van der Waals surface area contributed by atoms with E-state index in [1.165, 1.54) is 0 Å². The summed E-state index contributed by atoms with van der Waals surface area (Å²) in [6.45, 7) is 5.50. The highest BCUT2D eigenvalue weighted by atomic mass is 79.9. The van der Waals surface area contributed by atoms with Gasteiger partial charge >= 0.3 is 0 Å². The van der Waals surface area contributed by atoms with Crippen LogP contribution in [0.1, 0.15) is 0 Å². The number of fused-ring (bicyclic) bond motifs is 1. The minimum Gasteiger partial charge on any atom is -0.486 e. The summed E-state index contributed by atoms with van der Waals surface area (Å²) in [4.78, 5) is 8.15. The quantitative estimate of drug-likeness (QED) is 0.625. The first-order valence-corrected chi connectivity index (χ1v) is 10.0. The molecule has 1 aliphatic rings. The van der Waals surface area contributed by atoms with Crippen LogP contribution in [0.3, 0.4) is 0 Å². The maximum atomic E-state index is 5.88. The second kappa shape index (κ2) is 6.57. The highest BCUT2D eigenvalue weighted by Crippen LogP contribution is 2.41. The van der Waals surface area contributed by atoms with Gasteiger partial charge in [-0.25, -0.2) is 4.98 Å². The molecule has 2 heterocycles. The summed E-state index contributed by atoms with van der Waals surface area (Å²) in [5.41, 5.74) is 0.941. The zero-order chi connectivity index (χ0) is 15.7. The highest BCUT2D eigenvalue weighted by molar-refractivity contribution is 9.10. The number of rotatable bonds is 3. The van der Waals surface area contributed by atoms with Gasteiger partial charge < -0.3 is 14.8 Å². The van der Waals surface area contributed by atoms with Crippen molar-refractivity contribution in [2.45, 2.75) is 0 Å². The lowest BCUT2D eigenvalue weighted by atomic mass is 10.2. The topological polar surface area (TPSA) is 56.3 Å². The molecule has 0 radical (unpaired) electrons. The van der Waals surface area contributed by atoms with Crippen molar-refractivity contribution in [1.29, 1.82) is 0 Å². The molecule has 1 aliphatic heterocycles. The summed E-state index contributed by atoms with van der Waals surface area (Å²) >= 11 is 9.30. The molecule has 0 spiro atoms. The van der Waals surface area contributed by atoms with E-state index in [0.717, 1.165) is 27.0 Å². The number of nitrogens with one attached hydrogen (secondary N) is 1. The average Bonchev–Trinajstić information content (AvgIpc) is 2.50. The number of halogens is 2. The Kier molecular flexibility index (Phi) is 4.71. The van der Waals surface area contributed by atoms with Crippen molar-refractivity contribution < 1.29 is 9.47 Å². The Hall–Kier alpha value is -1.10. The highest BCUT2D eigenvalue weighted by Gasteiger charge is 2.22. The summed E-state index contributed by atoms with van der Waals surface area (Å²) in [6, 6.07) is 3.89. The molecule has 0 saturated heterocycles. The van der Waals surface area contributed by atoms with Gasteiger partial charge in [0.05, 0.1) is 10.2 Å². The smallest absolute Gasteiger partial charge is 0.224 e. The second-order valence-electron chi connectivity index (χ2n) is 4.84. The van der Waals surface area contributed by atoms with E-state index >= 15 is 0 Å². The van der Waals surface area contributed by atoms with Crippen LogP contribution < -0.4 is 20.1 Å². The molecule has 0 aliphatic carbocycles. The summed E-state index contributed by atoms with van der Waals surface area (Å²) in [5.74, 6) is 2.24. The fourth-order valence-corrected chi connectivity index (χ4v) is 3.82. The zero-order valence-corrected chi connectivity index (χ0v) is 15.3. The molecule has 2 aromatic rings. The van der Waals surface area contributed by atoms with Crippen LogP contribution in [-0.4, -0.2) is 36.5 Å². The van der Waals surface area contributed by atoms with Crippen molar-refractivity contribution in [1.82, 2.24) is 9.97 Å². The van der Waals surface area contributed by atoms with Gasteiger partial charge in [0, 0.05) is 11.5 Å². The van der Waals surface area contributed by atoms with Crippen LogP contribution in [0, 0.1) is 0 Å². The molecular formula is C14H14BrClN3O2P.